The smallest absolute Gasteiger partial charge is 0.241 e. The molecule has 0 aliphatic rings. The summed E-state index contributed by atoms with van der Waals surface area (Å²) in [5.41, 5.74) is 1.32. The molecule has 0 saturated carbocycles. The number of aromatic nitrogens is 2. The van der Waals surface area contributed by atoms with E-state index >= 15 is 0 Å². The van der Waals surface area contributed by atoms with Crippen LogP contribution in [-0.2, 0) is 29.4 Å². The summed E-state index contributed by atoms with van der Waals surface area (Å²) in [6, 6.07) is 0. The Kier molecular flexibility index (Phi) is 6.35. The second-order valence-corrected chi connectivity index (χ2v) is 7.14. The molecule has 1 heterocycles. The van der Waals surface area contributed by atoms with Crippen LogP contribution in [0.2, 0.25) is 0 Å². The largest absolute Gasteiger partial charge is 0.268 e. The molecule has 5 nitrogen and oxygen atoms in total. The Balaban J connectivity index is 3.03. The number of hydrogen-bond donors (Lipinski definition) is 1. The van der Waals surface area contributed by atoms with Gasteiger partial charge in [0.2, 0.25) is 10.0 Å². The third kappa shape index (κ3) is 4.22. The molecule has 0 aliphatic heterocycles. The second-order valence-electron chi connectivity index (χ2n) is 4.25. The SMILES string of the molecule is CCSCCCn1nc(CC)c(S(N)(=O)=O)c1CC. The van der Waals surface area contributed by atoms with Crippen molar-refractivity contribution in [2.24, 2.45) is 5.14 Å². The second kappa shape index (κ2) is 7.31. The third-order valence-corrected chi connectivity index (χ3v) is 4.92. The van der Waals surface area contributed by atoms with E-state index in [2.05, 4.69) is 12.0 Å². The molecular weight excluding hydrogens is 282 g/mol. The number of aryl methyl sites for hydroxylation is 2. The van der Waals surface area contributed by atoms with Gasteiger partial charge in [0, 0.05) is 6.54 Å². The van der Waals surface area contributed by atoms with Gasteiger partial charge in [0.15, 0.2) is 0 Å². The minimum atomic E-state index is -3.69. The first-order valence-corrected chi connectivity index (χ1v) is 9.34. The number of thioether (sulfide) groups is 1. The first kappa shape index (κ1) is 16.5. The Morgan fingerprint density at radius 3 is 2.42 bits per heavy atom. The average Bonchev–Trinajstić information content (AvgIpc) is 2.72. The van der Waals surface area contributed by atoms with Crippen molar-refractivity contribution < 1.29 is 8.42 Å². The van der Waals surface area contributed by atoms with Crippen molar-refractivity contribution in [3.8, 4) is 0 Å². The number of sulfonamides is 1. The topological polar surface area (TPSA) is 78.0 Å². The Morgan fingerprint density at radius 1 is 1.26 bits per heavy atom. The summed E-state index contributed by atoms with van der Waals surface area (Å²) in [7, 11) is -3.69. The summed E-state index contributed by atoms with van der Waals surface area (Å²) in [5.74, 6) is 2.16. The van der Waals surface area contributed by atoms with E-state index in [9.17, 15) is 8.42 Å². The minimum absolute atomic E-state index is 0.237. The van der Waals surface area contributed by atoms with Gasteiger partial charge < -0.3 is 0 Å². The Bertz CT molecular complexity index is 509. The lowest BCUT2D eigenvalue weighted by Crippen LogP contribution is -2.16. The molecule has 7 heteroatoms. The normalized spacial score (nSPS) is 12.0. The van der Waals surface area contributed by atoms with Crippen LogP contribution in [0.25, 0.3) is 0 Å². The first-order valence-electron chi connectivity index (χ1n) is 6.64. The molecule has 2 N–H and O–H groups in total. The summed E-state index contributed by atoms with van der Waals surface area (Å²) in [6.07, 6.45) is 2.19. The molecule has 0 bridgehead atoms. The van der Waals surface area contributed by atoms with Crippen molar-refractivity contribution in [3.05, 3.63) is 11.4 Å². The molecule has 0 amide bonds. The lowest BCUT2D eigenvalue weighted by atomic mass is 10.2. The number of nitrogens with two attached hydrogens (primary N) is 1. The molecule has 19 heavy (non-hydrogen) atoms. The fraction of sp³-hybridized carbons (Fsp3) is 0.750. The van der Waals surface area contributed by atoms with E-state index in [1.165, 1.54) is 0 Å². The molecule has 0 unspecified atom stereocenters. The van der Waals surface area contributed by atoms with Gasteiger partial charge in [-0.05, 0) is 30.8 Å². The van der Waals surface area contributed by atoms with Gasteiger partial charge in [-0.3, -0.25) is 4.68 Å². The Labute approximate surface area is 120 Å². The maximum atomic E-state index is 11.7. The van der Waals surface area contributed by atoms with E-state index in [0.29, 0.717) is 18.5 Å². The first-order chi connectivity index (χ1) is 8.95. The van der Waals surface area contributed by atoms with Crippen molar-refractivity contribution in [1.82, 2.24) is 9.78 Å². The molecule has 0 atom stereocenters. The van der Waals surface area contributed by atoms with Gasteiger partial charge in [-0.2, -0.15) is 16.9 Å². The summed E-state index contributed by atoms with van der Waals surface area (Å²) >= 11 is 1.88. The maximum absolute atomic E-state index is 11.7. The van der Waals surface area contributed by atoms with Crippen molar-refractivity contribution >= 4 is 21.8 Å². The molecule has 0 radical (unpaired) electrons. The average molecular weight is 305 g/mol. The molecular formula is C12H23N3O2S2. The summed E-state index contributed by atoms with van der Waals surface area (Å²) in [4.78, 5) is 0.237. The highest BCUT2D eigenvalue weighted by molar-refractivity contribution is 7.99. The van der Waals surface area contributed by atoms with Crippen molar-refractivity contribution in [1.29, 1.82) is 0 Å². The van der Waals surface area contributed by atoms with Crippen molar-refractivity contribution in [2.45, 2.75) is 51.5 Å². The maximum Gasteiger partial charge on any atom is 0.241 e. The van der Waals surface area contributed by atoms with Crippen LogP contribution in [-0.4, -0.2) is 29.7 Å². The lowest BCUT2D eigenvalue weighted by molar-refractivity contribution is 0.570. The van der Waals surface area contributed by atoms with E-state index in [4.69, 9.17) is 5.14 Å². The quantitative estimate of drug-likeness (QED) is 0.743. The van der Waals surface area contributed by atoms with Crippen LogP contribution < -0.4 is 5.14 Å². The van der Waals surface area contributed by atoms with Gasteiger partial charge >= 0.3 is 0 Å². The van der Waals surface area contributed by atoms with Crippen molar-refractivity contribution in [2.75, 3.05) is 11.5 Å². The Morgan fingerprint density at radius 2 is 1.95 bits per heavy atom. The van der Waals surface area contributed by atoms with E-state index in [0.717, 1.165) is 30.2 Å². The highest BCUT2D eigenvalue weighted by Crippen LogP contribution is 2.21. The van der Waals surface area contributed by atoms with Crippen molar-refractivity contribution in [3.63, 3.8) is 0 Å². The van der Waals surface area contributed by atoms with Gasteiger partial charge in [-0.25, -0.2) is 13.6 Å². The predicted molar refractivity (Wildman–Crippen MR) is 80.0 cm³/mol. The fourth-order valence-corrected chi connectivity index (χ4v) is 3.80. The van der Waals surface area contributed by atoms with Crippen LogP contribution in [0.5, 0.6) is 0 Å². The third-order valence-electron chi connectivity index (χ3n) is 2.89. The van der Waals surface area contributed by atoms with Crippen LogP contribution in [0.15, 0.2) is 4.90 Å². The molecule has 1 aromatic heterocycles. The van der Waals surface area contributed by atoms with Gasteiger partial charge in [-0.15, -0.1) is 0 Å². The van der Waals surface area contributed by atoms with Crippen LogP contribution in [0, 0.1) is 0 Å². The zero-order chi connectivity index (χ0) is 14.5. The van der Waals surface area contributed by atoms with Gasteiger partial charge in [0.1, 0.15) is 4.90 Å². The number of primary sulfonamides is 1. The van der Waals surface area contributed by atoms with E-state index in [-0.39, 0.29) is 4.90 Å². The molecule has 0 fully saturated rings. The number of hydrogen-bond acceptors (Lipinski definition) is 4. The van der Waals surface area contributed by atoms with Gasteiger partial charge in [0.25, 0.3) is 0 Å². The summed E-state index contributed by atoms with van der Waals surface area (Å²) in [6.45, 7) is 6.71. The Hall–Kier alpha value is -0.530. The number of rotatable bonds is 8. The van der Waals surface area contributed by atoms with Gasteiger partial charge in [-0.1, -0.05) is 20.8 Å². The summed E-state index contributed by atoms with van der Waals surface area (Å²) in [5, 5.41) is 9.73. The zero-order valence-electron chi connectivity index (χ0n) is 11.8. The minimum Gasteiger partial charge on any atom is -0.268 e. The van der Waals surface area contributed by atoms with Crippen LogP contribution >= 0.6 is 11.8 Å². The van der Waals surface area contributed by atoms with Crippen LogP contribution in [0.4, 0.5) is 0 Å². The van der Waals surface area contributed by atoms with Crippen LogP contribution in [0.1, 0.15) is 38.6 Å². The highest BCUT2D eigenvalue weighted by Gasteiger charge is 2.23. The van der Waals surface area contributed by atoms with Gasteiger partial charge in [0.05, 0.1) is 11.4 Å². The highest BCUT2D eigenvalue weighted by atomic mass is 32.2. The monoisotopic (exact) mass is 305 g/mol. The molecule has 1 aromatic rings. The molecule has 0 saturated heterocycles. The standard InChI is InChI=1S/C12H23N3O2S2/c1-4-10-12(19(13,16)17)11(5-2)15(14-10)8-7-9-18-6-3/h4-9H2,1-3H3,(H2,13,16,17). The lowest BCUT2D eigenvalue weighted by Gasteiger charge is -2.06. The number of nitrogens with zero attached hydrogens (tertiary/aromatic N) is 2. The molecule has 0 aromatic carbocycles. The molecule has 0 spiro atoms. The van der Waals surface area contributed by atoms with E-state index in [1.807, 2.05) is 30.3 Å². The van der Waals surface area contributed by atoms with Crippen LogP contribution in [0.3, 0.4) is 0 Å². The zero-order valence-corrected chi connectivity index (χ0v) is 13.5. The summed E-state index contributed by atoms with van der Waals surface area (Å²) < 4.78 is 25.2. The van der Waals surface area contributed by atoms with E-state index in [1.54, 1.807) is 0 Å². The molecule has 1 rings (SSSR count). The van der Waals surface area contributed by atoms with E-state index < -0.39 is 10.0 Å². The predicted octanol–water partition coefficient (Wildman–Crippen LogP) is 1.80. The molecule has 0 aliphatic carbocycles. The molecule has 110 valence electrons. The fourth-order valence-electron chi connectivity index (χ4n) is 2.08.